The van der Waals surface area contributed by atoms with Gasteiger partial charge in [-0.05, 0) is 64.0 Å². The van der Waals surface area contributed by atoms with E-state index in [9.17, 15) is 8.42 Å². The van der Waals surface area contributed by atoms with Crippen LogP contribution in [0.25, 0.3) is 0 Å². The van der Waals surface area contributed by atoms with Gasteiger partial charge in [0, 0.05) is 18.1 Å². The van der Waals surface area contributed by atoms with Crippen LogP contribution < -0.4 is 0 Å². The van der Waals surface area contributed by atoms with Crippen molar-refractivity contribution >= 4 is 10.1 Å². The van der Waals surface area contributed by atoms with Crippen molar-refractivity contribution in [3.63, 3.8) is 0 Å². The highest BCUT2D eigenvalue weighted by molar-refractivity contribution is 7.86. The number of benzene rings is 1. The Morgan fingerprint density at radius 1 is 0.880 bits per heavy atom. The Labute approximate surface area is 150 Å². The molecule has 0 radical (unpaired) electrons. The molecule has 6 rings (SSSR count). The molecule has 2 aliphatic carbocycles. The zero-order valence-corrected chi connectivity index (χ0v) is 15.5. The lowest BCUT2D eigenvalue weighted by molar-refractivity contribution is -0.161. The Hall–Kier alpha value is -0.950. The molecule has 0 aromatic heterocycles. The summed E-state index contributed by atoms with van der Waals surface area (Å²) in [6, 6.07) is 9.05. The van der Waals surface area contributed by atoms with Gasteiger partial charge in [0.2, 0.25) is 0 Å². The highest BCUT2D eigenvalue weighted by atomic mass is 32.2. The van der Waals surface area contributed by atoms with E-state index >= 15 is 0 Å². The third-order valence-electron chi connectivity index (χ3n) is 6.68. The summed E-state index contributed by atoms with van der Waals surface area (Å²) in [6.07, 6.45) is 7.84. The molecular formula is C19H26N2O3S. The van der Waals surface area contributed by atoms with Crippen LogP contribution in [0.15, 0.2) is 29.2 Å². The number of hydrogen-bond acceptors (Lipinski definition) is 5. The van der Waals surface area contributed by atoms with E-state index < -0.39 is 10.1 Å². The molecule has 5 nitrogen and oxygen atoms in total. The van der Waals surface area contributed by atoms with Crippen molar-refractivity contribution in [1.29, 1.82) is 0 Å². The average molecular weight is 362 g/mol. The molecule has 136 valence electrons. The molecule has 25 heavy (non-hydrogen) atoms. The van der Waals surface area contributed by atoms with E-state index in [0.29, 0.717) is 18.1 Å². The van der Waals surface area contributed by atoms with Crippen molar-refractivity contribution in [2.24, 2.45) is 0 Å². The molecule has 3 atom stereocenters. The molecule has 6 heteroatoms. The maximum absolute atomic E-state index is 12.8. The normalized spacial score (nSPS) is 38.0. The maximum Gasteiger partial charge on any atom is 0.297 e. The van der Waals surface area contributed by atoms with Crippen LogP contribution >= 0.6 is 0 Å². The highest BCUT2D eigenvalue weighted by Gasteiger charge is 2.56. The molecule has 3 heterocycles. The van der Waals surface area contributed by atoms with E-state index in [2.05, 4.69) is 10.0 Å². The van der Waals surface area contributed by atoms with Gasteiger partial charge >= 0.3 is 0 Å². The fourth-order valence-electron chi connectivity index (χ4n) is 5.54. The summed E-state index contributed by atoms with van der Waals surface area (Å²) in [7, 11) is -3.70. The first-order chi connectivity index (χ1) is 12.0. The van der Waals surface area contributed by atoms with Gasteiger partial charge in [-0.3, -0.25) is 4.18 Å². The number of aryl methyl sites for hydroxylation is 1. The Kier molecular flexibility index (Phi) is 3.75. The molecule has 1 aromatic carbocycles. The van der Waals surface area contributed by atoms with Gasteiger partial charge in [0.1, 0.15) is 0 Å². The molecule has 5 fully saturated rings. The first-order valence-corrected chi connectivity index (χ1v) is 11.0. The fraction of sp³-hybridized carbons (Fsp3) is 0.684. The lowest BCUT2D eigenvalue weighted by Gasteiger charge is -2.53. The van der Waals surface area contributed by atoms with Gasteiger partial charge in [0.05, 0.1) is 17.0 Å². The van der Waals surface area contributed by atoms with Crippen LogP contribution in [0, 0.1) is 6.92 Å². The van der Waals surface area contributed by atoms with Crippen molar-refractivity contribution in [2.75, 3.05) is 0 Å². The largest absolute Gasteiger partial charge is 0.297 e. The summed E-state index contributed by atoms with van der Waals surface area (Å²) in [5.41, 5.74) is 1.05. The SMILES string of the molecule is Cc1ccc(S(=O)(=O)O[C@H]2CC[C@H]3C[C@@H]2N2C4CCC(CC4)N32)cc1. The highest BCUT2D eigenvalue weighted by Crippen LogP contribution is 2.48. The minimum Gasteiger partial charge on any atom is -0.261 e. The van der Waals surface area contributed by atoms with Crippen LogP contribution in [0.2, 0.25) is 0 Å². The summed E-state index contributed by atoms with van der Waals surface area (Å²) in [4.78, 5) is 0.273. The van der Waals surface area contributed by atoms with Crippen molar-refractivity contribution in [3.8, 4) is 0 Å². The first-order valence-electron chi connectivity index (χ1n) is 9.59. The van der Waals surface area contributed by atoms with E-state index in [1.54, 1.807) is 12.1 Å². The van der Waals surface area contributed by atoms with Gasteiger partial charge < -0.3 is 0 Å². The van der Waals surface area contributed by atoms with Gasteiger partial charge in [-0.2, -0.15) is 8.42 Å². The Morgan fingerprint density at radius 2 is 1.48 bits per heavy atom. The standard InChI is InChI=1S/C19H26N2O3S/c1-13-2-9-17(10-3-13)25(22,23)24-19-11-8-16-12-18(19)21-15-6-4-14(5-7-15)20(16)21/h2-3,9-10,14-16,18-19H,4-8,11-12H2,1H3/t14?,15?,16-,18-,19-/m0/s1. The quantitative estimate of drug-likeness (QED) is 0.774. The Morgan fingerprint density at radius 3 is 2.16 bits per heavy atom. The number of rotatable bonds is 3. The van der Waals surface area contributed by atoms with Crippen molar-refractivity contribution in [3.05, 3.63) is 29.8 Å². The van der Waals surface area contributed by atoms with Gasteiger partial charge in [-0.25, -0.2) is 10.0 Å². The lowest BCUT2D eigenvalue weighted by atomic mass is 9.87. The summed E-state index contributed by atoms with van der Waals surface area (Å²) in [6.45, 7) is 1.96. The zero-order valence-electron chi connectivity index (χ0n) is 14.7. The van der Waals surface area contributed by atoms with Crippen LogP contribution in [-0.4, -0.2) is 48.7 Å². The van der Waals surface area contributed by atoms with Crippen molar-refractivity contribution < 1.29 is 12.6 Å². The number of hydrogen-bond donors (Lipinski definition) is 0. The minimum absolute atomic E-state index is 0.216. The summed E-state index contributed by atoms with van der Waals surface area (Å²) < 4.78 is 31.3. The fourth-order valence-corrected chi connectivity index (χ4v) is 6.68. The third kappa shape index (κ3) is 2.57. The number of fused-ring (bicyclic) bond motifs is 4. The summed E-state index contributed by atoms with van der Waals surface area (Å²) >= 11 is 0. The predicted octanol–water partition coefficient (Wildman–Crippen LogP) is 2.85. The van der Waals surface area contributed by atoms with Gasteiger partial charge in [-0.15, -0.1) is 0 Å². The maximum atomic E-state index is 12.8. The number of nitrogens with zero attached hydrogens (tertiary/aromatic N) is 2. The van der Waals surface area contributed by atoms with E-state index in [1.807, 2.05) is 19.1 Å². The predicted molar refractivity (Wildman–Crippen MR) is 94.4 cm³/mol. The molecular weight excluding hydrogens is 336 g/mol. The molecule has 0 amide bonds. The molecule has 5 aliphatic rings. The molecule has 2 saturated carbocycles. The van der Waals surface area contributed by atoms with Crippen molar-refractivity contribution in [2.45, 2.75) is 87.0 Å². The monoisotopic (exact) mass is 362 g/mol. The second-order valence-corrected chi connectivity index (χ2v) is 9.73. The van der Waals surface area contributed by atoms with E-state index in [1.165, 1.54) is 25.7 Å². The summed E-state index contributed by atoms with van der Waals surface area (Å²) in [5.74, 6) is 0. The Bertz CT molecular complexity index is 755. The minimum atomic E-state index is -3.70. The smallest absolute Gasteiger partial charge is 0.261 e. The molecule has 3 aliphatic heterocycles. The van der Waals surface area contributed by atoms with E-state index in [4.69, 9.17) is 4.18 Å². The molecule has 0 N–H and O–H groups in total. The topological polar surface area (TPSA) is 49.9 Å². The molecule has 0 unspecified atom stereocenters. The summed E-state index contributed by atoms with van der Waals surface area (Å²) in [5, 5.41) is 5.15. The van der Waals surface area contributed by atoms with Crippen LogP contribution in [0.3, 0.4) is 0 Å². The van der Waals surface area contributed by atoms with Gasteiger partial charge in [0.15, 0.2) is 0 Å². The van der Waals surface area contributed by atoms with Crippen molar-refractivity contribution in [1.82, 2.24) is 10.0 Å². The second kappa shape index (κ2) is 5.78. The molecule has 0 spiro atoms. The lowest BCUT2D eigenvalue weighted by Crippen LogP contribution is -2.62. The third-order valence-corrected chi connectivity index (χ3v) is 8.03. The zero-order chi connectivity index (χ0) is 17.2. The van der Waals surface area contributed by atoms with Gasteiger partial charge in [-0.1, -0.05) is 17.7 Å². The van der Waals surface area contributed by atoms with E-state index in [-0.39, 0.29) is 17.0 Å². The molecule has 1 aromatic rings. The van der Waals surface area contributed by atoms with E-state index in [0.717, 1.165) is 24.8 Å². The average Bonchev–Trinajstić information content (AvgIpc) is 2.95. The molecule has 4 bridgehead atoms. The van der Waals surface area contributed by atoms with Crippen LogP contribution in [0.4, 0.5) is 0 Å². The first kappa shape index (κ1) is 16.2. The van der Waals surface area contributed by atoms with Crippen LogP contribution in [0.1, 0.15) is 50.5 Å². The van der Waals surface area contributed by atoms with Crippen LogP contribution in [-0.2, 0) is 14.3 Å². The molecule has 3 saturated heterocycles. The second-order valence-electron chi connectivity index (χ2n) is 8.16. The Balaban J connectivity index is 1.39. The number of hydrazine groups is 1. The van der Waals surface area contributed by atoms with Gasteiger partial charge in [0.25, 0.3) is 10.1 Å². The van der Waals surface area contributed by atoms with Crippen LogP contribution in [0.5, 0.6) is 0 Å².